The van der Waals surface area contributed by atoms with Crippen LogP contribution >= 0.6 is 27.5 Å². The Balaban J connectivity index is 0.000000217. The predicted octanol–water partition coefficient (Wildman–Crippen LogP) is 10.2. The summed E-state index contributed by atoms with van der Waals surface area (Å²) in [5.41, 5.74) is 16.2. The number of anilines is 2. The van der Waals surface area contributed by atoms with Crippen molar-refractivity contribution in [3.8, 4) is 11.5 Å². The van der Waals surface area contributed by atoms with E-state index in [1.807, 2.05) is 96.1 Å². The van der Waals surface area contributed by atoms with Crippen LogP contribution in [0.3, 0.4) is 0 Å². The van der Waals surface area contributed by atoms with E-state index in [1.54, 1.807) is 28.1 Å². The van der Waals surface area contributed by atoms with Gasteiger partial charge in [0.1, 0.15) is 46.0 Å². The Kier molecular flexibility index (Phi) is 34.9. The molecule has 4 heterocycles. The summed E-state index contributed by atoms with van der Waals surface area (Å²) >= 11 is 9.32. The molecular weight excluding hydrogens is 1580 g/mol. The molecule has 6 aliphatic carbocycles. The summed E-state index contributed by atoms with van der Waals surface area (Å²) in [5.74, 6) is -0.206. The number of aliphatic carboxylic acids is 1. The zero-order valence-corrected chi connectivity index (χ0v) is 73.0. The predicted molar refractivity (Wildman–Crippen MR) is 449 cm³/mol. The van der Waals surface area contributed by atoms with Gasteiger partial charge >= 0.3 is 29.8 Å². The number of nitrogens with two attached hydrogens (primary N) is 1. The van der Waals surface area contributed by atoms with Crippen molar-refractivity contribution in [2.45, 2.75) is 223 Å². The Morgan fingerprint density at radius 1 is 0.517 bits per heavy atom. The molecule has 5 unspecified atom stereocenters. The summed E-state index contributed by atoms with van der Waals surface area (Å²) in [5, 5.41) is 44.6. The number of alkyl halides is 1. The Morgan fingerprint density at radius 3 is 1.33 bits per heavy atom. The Labute approximate surface area is 695 Å². The van der Waals surface area contributed by atoms with E-state index in [0.717, 1.165) is 118 Å². The van der Waals surface area contributed by atoms with Gasteiger partial charge in [0.05, 0.1) is 92.9 Å². The summed E-state index contributed by atoms with van der Waals surface area (Å²) in [6.45, 7) is 34.8. The number of rotatable bonds is 16. The molecule has 640 valence electrons. The van der Waals surface area contributed by atoms with Gasteiger partial charge in [-0.25, -0.2) is 19.2 Å². The van der Waals surface area contributed by atoms with Gasteiger partial charge in [-0.3, -0.25) is 38.8 Å². The van der Waals surface area contributed by atoms with Crippen molar-refractivity contribution < 1.29 is 86.6 Å². The second-order valence-corrected chi connectivity index (χ2v) is 35.9. The Hall–Kier alpha value is -9.13. The lowest BCUT2D eigenvalue weighted by Gasteiger charge is -2.37. The molecule has 5 atom stereocenters. The number of methoxy groups -OCH3 is 2. The number of nitrogens with one attached hydrogen (secondary N) is 8. The third-order valence-corrected chi connectivity index (χ3v) is 21.1. The number of carboxylic acids is 1. The molecule has 0 radical (unpaired) electrons. The summed E-state index contributed by atoms with van der Waals surface area (Å²) < 4.78 is 30.0. The normalized spacial score (nSPS) is 22.9. The zero-order valence-electron chi connectivity index (χ0n) is 70.7. The molecule has 0 amide bonds. The van der Waals surface area contributed by atoms with Crippen LogP contribution in [-0.4, -0.2) is 189 Å². The van der Waals surface area contributed by atoms with Crippen LogP contribution in [0.25, 0.3) is 0 Å². The molecule has 31 heteroatoms. The van der Waals surface area contributed by atoms with E-state index in [9.17, 15) is 53.1 Å². The minimum atomic E-state index is -0.887. The SMILES string of the molecule is CC1(C)CC(=O)C(Br)C(=O)C1.CC1(C)CC(=O)CC(=O)C1.CCOC(=O)C(N)CO.CCOC(=O)C1CNC2=C(CC(C)(C)C=C2Cl)N1.CCOC(=O)C1CNC2=C(CC(C)(C)CC2=O)N1.CCOC(=O)C1CNC2=C(Nc3ccc(OC)cc3)CC(C)(C)CC2=N1.COc1ccc(NC2=C3NCC(C(=O)O)N=C3CC(C)(C)C2)cc1. The quantitative estimate of drug-likeness (QED) is 0.0322. The largest absolute Gasteiger partial charge is 0.497 e. The lowest BCUT2D eigenvalue weighted by atomic mass is 9.76. The van der Waals surface area contributed by atoms with Gasteiger partial charge in [-0.05, 0) is 147 Å². The number of fused-ring (bicyclic) bond motifs is 2. The fourth-order valence-corrected chi connectivity index (χ4v) is 15.4. The van der Waals surface area contributed by atoms with Crippen LogP contribution in [-0.2, 0) is 66.9 Å². The van der Waals surface area contributed by atoms with E-state index in [4.69, 9.17) is 51.1 Å². The average Bonchev–Trinajstić information content (AvgIpc) is 0.790. The highest BCUT2D eigenvalue weighted by molar-refractivity contribution is 9.10. The van der Waals surface area contributed by atoms with E-state index >= 15 is 0 Å². The fraction of sp³-hybridized carbons (Fsp3) is 0.600. The molecule has 0 bridgehead atoms. The van der Waals surface area contributed by atoms with Crippen LogP contribution in [0.4, 0.5) is 11.4 Å². The van der Waals surface area contributed by atoms with Gasteiger partial charge in [0.15, 0.2) is 29.4 Å². The monoisotopic (exact) mass is 1700 g/mol. The lowest BCUT2D eigenvalue weighted by molar-refractivity contribution is -0.146. The molecule has 12 N–H and O–H groups in total. The van der Waals surface area contributed by atoms with Gasteiger partial charge in [0.25, 0.3) is 0 Å². The van der Waals surface area contributed by atoms with Crippen molar-refractivity contribution in [1.29, 1.82) is 0 Å². The maximum absolute atomic E-state index is 12.1. The first kappa shape index (κ1) is 95.7. The number of aliphatic imine (C=N–C) groups is 2. The minimum Gasteiger partial charge on any atom is -0.497 e. The molecular formula is C85H123BrClN11O18. The van der Waals surface area contributed by atoms with E-state index in [2.05, 4.69) is 124 Å². The molecule has 2 aromatic rings. The van der Waals surface area contributed by atoms with Crippen molar-refractivity contribution in [1.82, 2.24) is 31.9 Å². The zero-order chi connectivity index (χ0) is 86.4. The van der Waals surface area contributed by atoms with Crippen LogP contribution in [0.5, 0.6) is 11.5 Å². The number of benzene rings is 2. The number of nitrogens with zero attached hydrogens (tertiary/aromatic N) is 2. The van der Waals surface area contributed by atoms with E-state index < -0.39 is 40.9 Å². The first-order chi connectivity index (χ1) is 54.3. The van der Waals surface area contributed by atoms with E-state index in [1.165, 1.54) is 0 Å². The summed E-state index contributed by atoms with van der Waals surface area (Å²) in [4.78, 5) is 122. The number of carbonyl (C=O) groups is 10. The van der Waals surface area contributed by atoms with Crippen molar-refractivity contribution in [3.63, 3.8) is 0 Å². The molecule has 2 saturated carbocycles. The fourth-order valence-electron chi connectivity index (χ4n) is 14.6. The highest BCUT2D eigenvalue weighted by Crippen LogP contribution is 2.43. The molecule has 29 nitrogen and oxygen atoms in total. The molecule has 0 saturated heterocycles. The molecule has 0 aromatic heterocycles. The molecule has 2 aromatic carbocycles. The third-order valence-electron chi connectivity index (χ3n) is 19.7. The second-order valence-electron chi connectivity index (χ2n) is 34.6. The van der Waals surface area contributed by atoms with Crippen LogP contribution in [0.15, 0.2) is 115 Å². The van der Waals surface area contributed by atoms with Crippen molar-refractivity contribution in [2.75, 3.05) is 84.1 Å². The highest BCUT2D eigenvalue weighted by Gasteiger charge is 2.42. The first-order valence-corrected chi connectivity index (χ1v) is 40.9. The number of hydrogen-bond acceptors (Lipinski definition) is 28. The Morgan fingerprint density at radius 2 is 0.905 bits per heavy atom. The number of halogens is 2. The first-order valence-electron chi connectivity index (χ1n) is 39.6. The number of ether oxygens (including phenoxy) is 6. The second kappa shape index (κ2) is 42.3. The topological polar surface area (TPSA) is 414 Å². The van der Waals surface area contributed by atoms with Crippen LogP contribution in [0.2, 0.25) is 0 Å². The van der Waals surface area contributed by atoms with E-state index in [0.29, 0.717) is 90.4 Å². The molecule has 12 rings (SSSR count). The summed E-state index contributed by atoms with van der Waals surface area (Å²) in [7, 11) is 3.30. The van der Waals surface area contributed by atoms with Gasteiger partial charge in [0.2, 0.25) is 0 Å². The van der Waals surface area contributed by atoms with Crippen LogP contribution in [0, 0.1) is 32.5 Å². The maximum atomic E-state index is 12.1. The van der Waals surface area contributed by atoms with Crippen molar-refractivity contribution in [3.05, 3.63) is 105 Å². The maximum Gasteiger partial charge on any atom is 0.332 e. The van der Waals surface area contributed by atoms with Crippen molar-refractivity contribution in [2.24, 2.45) is 48.2 Å². The molecule has 2 fully saturated rings. The number of carbonyl (C=O) groups excluding carboxylic acids is 9. The number of aliphatic hydroxyl groups excluding tert-OH is 1. The molecule has 4 aliphatic heterocycles. The standard InChI is InChI=1S/C20H27N3O3.C18H23N3O3.C13H19ClN2O2.C13H20N2O3.C8H11BrO2.C8H12O2.C5H11NO3/c1-5-26-19(24)17-12-21-18-15(10-20(2,3)11-16(18)23-17)22-13-6-8-14(25-4)9-7-13;1-18(2)8-13(20-11-4-6-12(24-3)7-5-11)16-14(9-18)21-15(10-19-16)17(22)23;1-4-18-12(17)10-7-15-11-8(14)5-13(2,3)6-9(11)16-10;1-4-18-12(17)9-7-14-11-8(15-9)5-13(2,3)6-10(11)16;1-8(2)3-5(10)7(9)6(11)4-8;1-8(2)4-6(9)3-7(10)5-8;1-2-9-5(8)4(6)3-7/h6-9,17,21-22H,5,10-12H2,1-4H3;4-7,15,19-20H,8-10H2,1-3H3,(H,22,23);5,10,15-16H,4,6-7H2,1-3H3;9,14-15H,4-7H2,1-3H3;7H,3-4H2,1-2H3;3-5H2,1-2H3;4,7H,2-3,6H2,1H3. The number of allylic oxidation sites excluding steroid dienone is 9. The van der Waals surface area contributed by atoms with Gasteiger partial charge in [-0.2, -0.15) is 0 Å². The number of carboxylic acid groups (broad SMARTS) is 1. The number of ketones is 5. The summed E-state index contributed by atoms with van der Waals surface area (Å²) in [6, 6.07) is 12.8. The molecule has 10 aliphatic rings. The molecule has 0 spiro atoms. The minimum absolute atomic E-state index is 0.00114. The number of Topliss-reactive ketones (excluding diaryl/α,β-unsaturated/α-hetero) is 5. The van der Waals surface area contributed by atoms with Gasteiger partial charge < -0.3 is 86.9 Å². The van der Waals surface area contributed by atoms with Gasteiger partial charge in [-0.15, -0.1) is 0 Å². The van der Waals surface area contributed by atoms with E-state index in [-0.39, 0.29) is 98.4 Å². The van der Waals surface area contributed by atoms with Crippen LogP contribution < -0.4 is 57.7 Å². The lowest BCUT2D eigenvalue weighted by Crippen LogP contribution is -2.53. The molecule has 116 heavy (non-hydrogen) atoms. The smallest absolute Gasteiger partial charge is 0.332 e. The number of hydrogen-bond donors (Lipinski definition) is 11. The van der Waals surface area contributed by atoms with Crippen molar-refractivity contribution >= 4 is 109 Å². The Bertz CT molecular complexity index is 4060. The number of esters is 4. The van der Waals surface area contributed by atoms with Crippen LogP contribution in [0.1, 0.15) is 188 Å². The van der Waals surface area contributed by atoms with Gasteiger partial charge in [-0.1, -0.05) is 117 Å². The third kappa shape index (κ3) is 29.2. The average molecular weight is 1700 g/mol. The summed E-state index contributed by atoms with van der Waals surface area (Å²) in [6.07, 6.45) is 9.91. The number of aliphatic hydroxyl groups is 1. The highest BCUT2D eigenvalue weighted by atomic mass is 79.9. The van der Waals surface area contributed by atoms with Gasteiger partial charge in [0, 0.05) is 92.4 Å².